The Bertz CT molecular complexity index is 776. The van der Waals surface area contributed by atoms with Crippen LogP contribution in [0.15, 0.2) is 53.6 Å². The van der Waals surface area contributed by atoms with E-state index in [4.69, 9.17) is 11.6 Å². The lowest BCUT2D eigenvalue weighted by Crippen LogP contribution is -2.35. The molecule has 124 valence electrons. The highest BCUT2D eigenvalue weighted by molar-refractivity contribution is 6.30. The molecule has 0 bridgehead atoms. The van der Waals surface area contributed by atoms with E-state index in [-0.39, 0.29) is 12.1 Å². The number of amides is 2. The lowest BCUT2D eigenvalue weighted by atomic mass is 10.1. The van der Waals surface area contributed by atoms with Gasteiger partial charge in [0.05, 0.1) is 17.8 Å². The van der Waals surface area contributed by atoms with E-state index >= 15 is 0 Å². The number of nitrogens with zero attached hydrogens (tertiary/aromatic N) is 1. The van der Waals surface area contributed by atoms with Gasteiger partial charge in [0, 0.05) is 5.02 Å². The minimum atomic E-state index is -0.665. The van der Waals surface area contributed by atoms with Crippen molar-refractivity contribution in [3.05, 3.63) is 70.5 Å². The van der Waals surface area contributed by atoms with Gasteiger partial charge in [-0.15, -0.1) is 0 Å². The van der Waals surface area contributed by atoms with Gasteiger partial charge in [0.1, 0.15) is 5.82 Å². The summed E-state index contributed by atoms with van der Waals surface area (Å²) in [6.07, 6.45) is 0. The summed E-state index contributed by atoms with van der Waals surface area (Å²) >= 11 is 5.80. The molecule has 24 heavy (non-hydrogen) atoms. The maximum atomic E-state index is 13.4. The largest absolute Gasteiger partial charge is 0.343 e. The zero-order valence-electron chi connectivity index (χ0n) is 12.8. The minimum Gasteiger partial charge on any atom is -0.343 e. The van der Waals surface area contributed by atoms with Gasteiger partial charge in [-0.3, -0.25) is 9.59 Å². The van der Waals surface area contributed by atoms with Crippen LogP contribution in [0.25, 0.3) is 0 Å². The molecule has 0 fully saturated rings. The highest BCUT2D eigenvalue weighted by atomic mass is 35.5. The SMILES string of the molecule is C/C(=N/NC(=O)CNC(=O)c1ccccc1F)c1ccc(Cl)cc1. The Morgan fingerprint density at radius 2 is 1.79 bits per heavy atom. The molecular weight excluding hydrogens is 333 g/mol. The molecule has 0 atom stereocenters. The number of halogens is 2. The third kappa shape index (κ3) is 4.89. The van der Waals surface area contributed by atoms with Crippen LogP contribution in [0.1, 0.15) is 22.8 Å². The van der Waals surface area contributed by atoms with Gasteiger partial charge in [0.25, 0.3) is 11.8 Å². The van der Waals surface area contributed by atoms with Crippen LogP contribution in [0, 0.1) is 5.82 Å². The van der Waals surface area contributed by atoms with E-state index in [0.29, 0.717) is 10.7 Å². The van der Waals surface area contributed by atoms with Gasteiger partial charge in [0.15, 0.2) is 0 Å². The molecule has 5 nitrogen and oxygen atoms in total. The highest BCUT2D eigenvalue weighted by Crippen LogP contribution is 2.10. The number of carbonyl (C=O) groups excluding carboxylic acids is 2. The van der Waals surface area contributed by atoms with Crippen molar-refractivity contribution in [2.24, 2.45) is 5.10 Å². The molecule has 2 rings (SSSR count). The molecule has 2 aromatic rings. The summed E-state index contributed by atoms with van der Waals surface area (Å²) in [4.78, 5) is 23.5. The van der Waals surface area contributed by atoms with Crippen molar-refractivity contribution in [3.63, 3.8) is 0 Å². The van der Waals surface area contributed by atoms with E-state index in [1.54, 1.807) is 31.2 Å². The highest BCUT2D eigenvalue weighted by Gasteiger charge is 2.11. The number of hydrogen-bond acceptors (Lipinski definition) is 3. The molecular formula is C17H15ClFN3O2. The van der Waals surface area contributed by atoms with E-state index in [0.717, 1.165) is 5.56 Å². The summed E-state index contributed by atoms with van der Waals surface area (Å²) in [5.74, 6) is -1.83. The van der Waals surface area contributed by atoms with Crippen molar-refractivity contribution in [3.8, 4) is 0 Å². The lowest BCUT2D eigenvalue weighted by Gasteiger charge is -2.06. The van der Waals surface area contributed by atoms with Gasteiger partial charge in [-0.05, 0) is 36.8 Å². The number of benzene rings is 2. The molecule has 2 N–H and O–H groups in total. The topological polar surface area (TPSA) is 70.6 Å². The molecule has 0 radical (unpaired) electrons. The van der Waals surface area contributed by atoms with Crippen LogP contribution in [-0.2, 0) is 4.79 Å². The Labute approximate surface area is 143 Å². The van der Waals surface area contributed by atoms with Crippen LogP contribution in [0.3, 0.4) is 0 Å². The zero-order chi connectivity index (χ0) is 17.5. The molecule has 2 amide bonds. The van der Waals surface area contributed by atoms with Crippen LogP contribution in [-0.4, -0.2) is 24.1 Å². The van der Waals surface area contributed by atoms with Crippen molar-refractivity contribution >= 4 is 29.1 Å². The zero-order valence-corrected chi connectivity index (χ0v) is 13.6. The monoisotopic (exact) mass is 347 g/mol. The molecule has 0 aromatic heterocycles. The second kappa shape index (κ2) is 8.21. The van der Waals surface area contributed by atoms with Gasteiger partial charge in [-0.2, -0.15) is 5.10 Å². The van der Waals surface area contributed by atoms with Gasteiger partial charge in [-0.1, -0.05) is 35.9 Å². The maximum absolute atomic E-state index is 13.4. The third-order valence-electron chi connectivity index (χ3n) is 3.14. The average Bonchev–Trinajstić information content (AvgIpc) is 2.58. The van der Waals surface area contributed by atoms with E-state index in [1.807, 2.05) is 0 Å². The second-order valence-corrected chi connectivity index (χ2v) is 5.34. The third-order valence-corrected chi connectivity index (χ3v) is 3.39. The Kier molecular flexibility index (Phi) is 6.03. The van der Waals surface area contributed by atoms with Crippen molar-refractivity contribution < 1.29 is 14.0 Å². The molecule has 0 spiro atoms. The molecule has 0 unspecified atom stereocenters. The summed E-state index contributed by atoms with van der Waals surface area (Å²) in [6, 6.07) is 12.5. The molecule has 0 aliphatic heterocycles. The normalized spacial score (nSPS) is 11.0. The summed E-state index contributed by atoms with van der Waals surface area (Å²) < 4.78 is 13.4. The van der Waals surface area contributed by atoms with E-state index in [1.165, 1.54) is 24.3 Å². The number of hydrogen-bond donors (Lipinski definition) is 2. The van der Waals surface area contributed by atoms with E-state index in [2.05, 4.69) is 15.8 Å². The first-order valence-electron chi connectivity index (χ1n) is 7.09. The summed E-state index contributed by atoms with van der Waals surface area (Å²) in [5.41, 5.74) is 3.59. The van der Waals surface area contributed by atoms with E-state index in [9.17, 15) is 14.0 Å². The van der Waals surface area contributed by atoms with Crippen LogP contribution in [0.2, 0.25) is 5.02 Å². The predicted molar refractivity (Wildman–Crippen MR) is 90.5 cm³/mol. The van der Waals surface area contributed by atoms with Crippen LogP contribution >= 0.6 is 11.6 Å². The van der Waals surface area contributed by atoms with Crippen LogP contribution in [0.5, 0.6) is 0 Å². The average molecular weight is 348 g/mol. The molecule has 0 saturated carbocycles. The van der Waals surface area contributed by atoms with Crippen LogP contribution < -0.4 is 10.7 Å². The summed E-state index contributed by atoms with van der Waals surface area (Å²) in [5, 5.41) is 6.88. The number of hydrazone groups is 1. The number of carbonyl (C=O) groups is 2. The Hall–Kier alpha value is -2.73. The standard InChI is InChI=1S/C17H15ClFN3O2/c1-11(12-6-8-13(18)9-7-12)21-22-16(23)10-20-17(24)14-4-2-3-5-15(14)19/h2-9H,10H2,1H3,(H,20,24)(H,22,23)/b21-11-. The molecule has 0 saturated heterocycles. The lowest BCUT2D eigenvalue weighted by molar-refractivity contribution is -0.120. The number of rotatable bonds is 5. The Balaban J connectivity index is 1.87. The number of nitrogens with one attached hydrogen (secondary N) is 2. The fraction of sp³-hybridized carbons (Fsp3) is 0.118. The minimum absolute atomic E-state index is 0.119. The van der Waals surface area contributed by atoms with Crippen LogP contribution in [0.4, 0.5) is 4.39 Å². The first kappa shape index (κ1) is 17.6. The van der Waals surface area contributed by atoms with Gasteiger partial charge < -0.3 is 5.32 Å². The van der Waals surface area contributed by atoms with Crippen molar-refractivity contribution in [2.75, 3.05) is 6.54 Å². The van der Waals surface area contributed by atoms with Gasteiger partial charge in [-0.25, -0.2) is 9.82 Å². The first-order chi connectivity index (χ1) is 11.5. The smallest absolute Gasteiger partial charge is 0.259 e. The molecule has 0 aliphatic carbocycles. The second-order valence-electron chi connectivity index (χ2n) is 4.90. The van der Waals surface area contributed by atoms with Crippen molar-refractivity contribution in [1.29, 1.82) is 0 Å². The molecule has 0 aliphatic rings. The van der Waals surface area contributed by atoms with Gasteiger partial charge >= 0.3 is 0 Å². The summed E-state index contributed by atoms with van der Waals surface area (Å²) in [6.45, 7) is 1.41. The quantitative estimate of drug-likeness (QED) is 0.645. The van der Waals surface area contributed by atoms with Gasteiger partial charge in [0.2, 0.25) is 0 Å². The molecule has 2 aromatic carbocycles. The molecule has 0 heterocycles. The summed E-state index contributed by atoms with van der Waals surface area (Å²) in [7, 11) is 0. The Morgan fingerprint density at radius 1 is 1.12 bits per heavy atom. The fourth-order valence-corrected chi connectivity index (χ4v) is 1.97. The predicted octanol–water partition coefficient (Wildman–Crippen LogP) is 2.75. The van der Waals surface area contributed by atoms with E-state index < -0.39 is 17.6 Å². The van der Waals surface area contributed by atoms with Crippen molar-refractivity contribution in [2.45, 2.75) is 6.92 Å². The Morgan fingerprint density at radius 3 is 2.46 bits per heavy atom. The maximum Gasteiger partial charge on any atom is 0.259 e. The molecule has 7 heteroatoms. The van der Waals surface area contributed by atoms with Crippen molar-refractivity contribution in [1.82, 2.24) is 10.7 Å². The fourth-order valence-electron chi connectivity index (χ4n) is 1.84. The first-order valence-corrected chi connectivity index (χ1v) is 7.47.